The number of imide groups is 1. The Bertz CT molecular complexity index is 1090. The van der Waals surface area contributed by atoms with Crippen LogP contribution in [0.15, 0.2) is 47.4 Å². The van der Waals surface area contributed by atoms with Gasteiger partial charge < -0.3 is 14.8 Å². The fraction of sp³-hybridized carbons (Fsp3) is 0.346. The summed E-state index contributed by atoms with van der Waals surface area (Å²) in [4.78, 5) is 38.9. The minimum absolute atomic E-state index is 0.0131. The van der Waals surface area contributed by atoms with Gasteiger partial charge in [0.25, 0.3) is 11.1 Å². The van der Waals surface area contributed by atoms with Crippen LogP contribution in [0, 0.1) is 0 Å². The molecule has 0 aliphatic carbocycles. The van der Waals surface area contributed by atoms with Crippen molar-refractivity contribution in [1.29, 1.82) is 0 Å². The molecule has 2 aromatic rings. The first-order valence-corrected chi connectivity index (χ1v) is 12.1. The molecule has 1 N–H and O–H groups in total. The second-order valence-corrected chi connectivity index (χ2v) is 9.39. The predicted molar refractivity (Wildman–Crippen MR) is 135 cm³/mol. The van der Waals surface area contributed by atoms with Gasteiger partial charge in [-0.1, -0.05) is 32.0 Å². The number of rotatable bonds is 9. The van der Waals surface area contributed by atoms with E-state index in [0.717, 1.165) is 22.2 Å². The summed E-state index contributed by atoms with van der Waals surface area (Å²) in [6, 6.07) is 12.8. The number of nitrogens with zero attached hydrogens (tertiary/aromatic N) is 1. The number of ether oxygens (including phenoxy) is 2. The molecule has 0 atom stereocenters. The molecule has 0 bridgehead atoms. The summed E-state index contributed by atoms with van der Waals surface area (Å²) in [6.07, 6.45) is 1.61. The fourth-order valence-electron chi connectivity index (χ4n) is 3.32. The van der Waals surface area contributed by atoms with Crippen molar-refractivity contribution in [2.24, 2.45) is 0 Å². The van der Waals surface area contributed by atoms with E-state index < -0.39 is 17.1 Å². The van der Waals surface area contributed by atoms with Gasteiger partial charge in [-0.3, -0.25) is 19.3 Å². The third-order valence-electron chi connectivity index (χ3n) is 4.96. The number of nitrogens with one attached hydrogen (secondary N) is 1. The second kappa shape index (κ2) is 11.2. The van der Waals surface area contributed by atoms with Crippen LogP contribution in [-0.2, 0) is 9.59 Å². The summed E-state index contributed by atoms with van der Waals surface area (Å²) in [5.41, 5.74) is 2.47. The van der Waals surface area contributed by atoms with Crippen LogP contribution < -0.4 is 14.8 Å². The lowest BCUT2D eigenvalue weighted by molar-refractivity contribution is -0.127. The maximum absolute atomic E-state index is 12.8. The first-order valence-electron chi connectivity index (χ1n) is 11.3. The lowest BCUT2D eigenvalue weighted by atomic mass is 10.0. The monoisotopic (exact) mass is 482 g/mol. The number of hydrogen-bond donors (Lipinski definition) is 1. The van der Waals surface area contributed by atoms with E-state index in [2.05, 4.69) is 19.2 Å². The van der Waals surface area contributed by atoms with Crippen LogP contribution in [0.25, 0.3) is 6.08 Å². The van der Waals surface area contributed by atoms with Gasteiger partial charge in [0.05, 0.1) is 17.6 Å². The highest BCUT2D eigenvalue weighted by Gasteiger charge is 2.36. The summed E-state index contributed by atoms with van der Waals surface area (Å²) < 4.78 is 11.4. The Hall–Kier alpha value is -3.26. The van der Waals surface area contributed by atoms with E-state index in [0.29, 0.717) is 35.3 Å². The highest BCUT2D eigenvalue weighted by atomic mass is 32.2. The second-order valence-electron chi connectivity index (χ2n) is 8.40. The van der Waals surface area contributed by atoms with Gasteiger partial charge in [0, 0.05) is 5.69 Å². The lowest BCUT2D eigenvalue weighted by Gasteiger charge is -2.15. The Kier molecular flexibility index (Phi) is 8.39. The summed E-state index contributed by atoms with van der Waals surface area (Å²) >= 11 is 0.811. The zero-order valence-corrected chi connectivity index (χ0v) is 20.9. The predicted octanol–water partition coefficient (Wildman–Crippen LogP) is 5.67. The molecule has 0 spiro atoms. The Morgan fingerprint density at radius 2 is 1.76 bits per heavy atom. The molecule has 3 amide bonds. The fourth-order valence-corrected chi connectivity index (χ4v) is 4.16. The molecule has 0 radical (unpaired) electrons. The molecular weight excluding hydrogens is 452 g/mol. The van der Waals surface area contributed by atoms with E-state index in [4.69, 9.17) is 9.47 Å². The smallest absolute Gasteiger partial charge is 0.294 e. The van der Waals surface area contributed by atoms with Crippen molar-refractivity contribution in [3.63, 3.8) is 0 Å². The largest absolute Gasteiger partial charge is 0.490 e. The van der Waals surface area contributed by atoms with Gasteiger partial charge in [-0.2, -0.15) is 0 Å². The molecule has 180 valence electrons. The van der Waals surface area contributed by atoms with Gasteiger partial charge in [0.1, 0.15) is 6.54 Å². The average Bonchev–Trinajstić information content (AvgIpc) is 3.03. The van der Waals surface area contributed by atoms with Crippen LogP contribution in [0.3, 0.4) is 0 Å². The molecule has 1 saturated heterocycles. The summed E-state index contributed by atoms with van der Waals surface area (Å²) in [6.45, 7) is 10.0. The number of amides is 3. The van der Waals surface area contributed by atoms with E-state index in [1.165, 1.54) is 0 Å². The van der Waals surface area contributed by atoms with Crippen LogP contribution in [0.2, 0.25) is 0 Å². The molecule has 1 aliphatic rings. The molecule has 1 aliphatic heterocycles. The zero-order chi connectivity index (χ0) is 24.8. The Labute approximate surface area is 204 Å². The van der Waals surface area contributed by atoms with Gasteiger partial charge in [-0.05, 0) is 79.9 Å². The van der Waals surface area contributed by atoms with Gasteiger partial charge in [0.15, 0.2) is 11.5 Å². The normalized spacial score (nSPS) is 14.9. The first-order chi connectivity index (χ1) is 16.2. The molecule has 3 rings (SSSR count). The number of carbonyl (C=O) groups is 3. The topological polar surface area (TPSA) is 84.9 Å². The van der Waals surface area contributed by atoms with Crippen LogP contribution in [0.4, 0.5) is 10.5 Å². The summed E-state index contributed by atoms with van der Waals surface area (Å²) in [7, 11) is 0. The number of thioether (sulfide) groups is 1. The van der Waals surface area contributed by atoms with Crippen molar-refractivity contribution >= 4 is 40.6 Å². The minimum atomic E-state index is -0.499. The third kappa shape index (κ3) is 6.41. The molecular formula is C26H30N2O5S. The van der Waals surface area contributed by atoms with E-state index in [9.17, 15) is 14.4 Å². The maximum Gasteiger partial charge on any atom is 0.294 e. The quantitative estimate of drug-likeness (QED) is 0.464. The minimum Gasteiger partial charge on any atom is -0.490 e. The highest BCUT2D eigenvalue weighted by molar-refractivity contribution is 8.18. The standard InChI is InChI=1S/C26H30N2O5S/c1-6-32-22-13-18(7-12-21(22)33-17(4)5)14-23-25(30)28(26(31)34-23)15-24(29)27-20-10-8-19(9-11-20)16(2)3/h7-14,16-17H,6,15H2,1-5H3,(H,27,29)/b23-14+. The van der Waals surface area contributed by atoms with Gasteiger partial charge in [-0.25, -0.2) is 0 Å². The summed E-state index contributed by atoms with van der Waals surface area (Å²) in [5.74, 6) is 0.623. The van der Waals surface area contributed by atoms with Crippen molar-refractivity contribution < 1.29 is 23.9 Å². The van der Waals surface area contributed by atoms with Crippen LogP contribution in [0.1, 0.15) is 51.7 Å². The zero-order valence-electron chi connectivity index (χ0n) is 20.1. The third-order valence-corrected chi connectivity index (χ3v) is 5.87. The number of carbonyl (C=O) groups excluding carboxylic acids is 3. The number of benzene rings is 2. The molecule has 0 aromatic heterocycles. The molecule has 0 unspecified atom stereocenters. The Morgan fingerprint density at radius 1 is 1.06 bits per heavy atom. The van der Waals surface area contributed by atoms with Crippen molar-refractivity contribution in [3.8, 4) is 11.5 Å². The molecule has 0 saturated carbocycles. The SMILES string of the molecule is CCOc1cc(/C=C2/SC(=O)N(CC(=O)Nc3ccc(C(C)C)cc3)C2=O)ccc1OC(C)C. The number of anilines is 1. The van der Waals surface area contributed by atoms with Crippen molar-refractivity contribution in [2.45, 2.75) is 46.6 Å². The first kappa shape index (κ1) is 25.4. The Morgan fingerprint density at radius 3 is 2.38 bits per heavy atom. The van der Waals surface area contributed by atoms with Crippen molar-refractivity contribution in [1.82, 2.24) is 4.90 Å². The molecule has 8 heteroatoms. The number of hydrogen-bond acceptors (Lipinski definition) is 6. The maximum atomic E-state index is 12.8. The van der Waals surface area contributed by atoms with Crippen LogP contribution >= 0.6 is 11.8 Å². The van der Waals surface area contributed by atoms with E-state index in [1.54, 1.807) is 24.3 Å². The van der Waals surface area contributed by atoms with Gasteiger partial charge in [-0.15, -0.1) is 0 Å². The van der Waals surface area contributed by atoms with Crippen LogP contribution in [0.5, 0.6) is 11.5 Å². The lowest BCUT2D eigenvalue weighted by Crippen LogP contribution is -2.36. The van der Waals surface area contributed by atoms with Gasteiger partial charge in [0.2, 0.25) is 5.91 Å². The van der Waals surface area contributed by atoms with E-state index in [1.807, 2.05) is 45.0 Å². The molecule has 34 heavy (non-hydrogen) atoms. The Balaban J connectivity index is 1.70. The van der Waals surface area contributed by atoms with Gasteiger partial charge >= 0.3 is 0 Å². The van der Waals surface area contributed by atoms with Crippen LogP contribution in [-0.4, -0.2) is 41.2 Å². The molecule has 1 fully saturated rings. The van der Waals surface area contributed by atoms with Crippen molar-refractivity contribution in [3.05, 3.63) is 58.5 Å². The average molecular weight is 483 g/mol. The van der Waals surface area contributed by atoms with E-state index in [-0.39, 0.29) is 17.6 Å². The molecule has 1 heterocycles. The van der Waals surface area contributed by atoms with E-state index >= 15 is 0 Å². The highest BCUT2D eigenvalue weighted by Crippen LogP contribution is 2.35. The summed E-state index contributed by atoms with van der Waals surface area (Å²) in [5, 5.41) is 2.26. The molecule has 2 aromatic carbocycles. The van der Waals surface area contributed by atoms with Crippen molar-refractivity contribution in [2.75, 3.05) is 18.5 Å². The molecule has 7 nitrogen and oxygen atoms in total.